The summed E-state index contributed by atoms with van der Waals surface area (Å²) in [5.41, 5.74) is 5.69. The summed E-state index contributed by atoms with van der Waals surface area (Å²) in [5, 5.41) is 0. The zero-order valence-corrected chi connectivity index (χ0v) is 16.1. The van der Waals surface area contributed by atoms with Gasteiger partial charge >= 0.3 is 5.97 Å². The van der Waals surface area contributed by atoms with Gasteiger partial charge in [-0.3, -0.25) is 0 Å². The molecule has 1 aromatic rings. The Labute approximate surface area is 151 Å². The lowest BCUT2D eigenvalue weighted by molar-refractivity contribution is 0.0519. The van der Waals surface area contributed by atoms with Gasteiger partial charge in [-0.05, 0) is 62.7 Å². The summed E-state index contributed by atoms with van der Waals surface area (Å²) < 4.78 is 4.95. The summed E-state index contributed by atoms with van der Waals surface area (Å²) in [7, 11) is 0. The molecule has 0 atom stereocenters. The predicted molar refractivity (Wildman–Crippen MR) is 103 cm³/mol. The summed E-state index contributed by atoms with van der Waals surface area (Å²) in [6.07, 6.45) is 11.9. The van der Waals surface area contributed by atoms with Crippen LogP contribution in [0.5, 0.6) is 0 Å². The smallest absolute Gasteiger partial charge is 0.356 e. The number of esters is 1. The van der Waals surface area contributed by atoms with Crippen LogP contribution < -0.4 is 0 Å². The summed E-state index contributed by atoms with van der Waals surface area (Å²) >= 11 is 0. The molecule has 0 fully saturated rings. The fourth-order valence-electron chi connectivity index (χ4n) is 3.35. The molecule has 2 rings (SSSR count). The van der Waals surface area contributed by atoms with Crippen molar-refractivity contribution in [2.24, 2.45) is 5.41 Å². The van der Waals surface area contributed by atoms with Crippen LogP contribution in [0.3, 0.4) is 0 Å². The Bertz CT molecular complexity index is 706. The number of hydrogen-bond donors (Lipinski definition) is 0. The van der Waals surface area contributed by atoms with Crippen LogP contribution in [-0.2, 0) is 4.74 Å². The van der Waals surface area contributed by atoms with Crippen molar-refractivity contribution in [1.29, 1.82) is 0 Å². The summed E-state index contributed by atoms with van der Waals surface area (Å²) in [5.74, 6) is -0.378. The lowest BCUT2D eigenvalue weighted by atomic mass is 9.72. The van der Waals surface area contributed by atoms with Gasteiger partial charge in [-0.25, -0.2) is 9.78 Å². The van der Waals surface area contributed by atoms with E-state index in [4.69, 9.17) is 4.74 Å². The fraction of sp³-hybridized carbons (Fsp3) is 0.455. The molecule has 1 aliphatic carbocycles. The molecule has 0 saturated carbocycles. The van der Waals surface area contributed by atoms with Crippen LogP contribution in [-0.4, -0.2) is 17.6 Å². The van der Waals surface area contributed by atoms with Crippen LogP contribution in [0.2, 0.25) is 0 Å². The molecule has 3 nitrogen and oxygen atoms in total. The van der Waals surface area contributed by atoms with Crippen molar-refractivity contribution in [2.75, 3.05) is 6.61 Å². The molecule has 0 aliphatic heterocycles. The van der Waals surface area contributed by atoms with Crippen LogP contribution in [0.15, 0.2) is 47.2 Å². The number of carbonyl (C=O) groups is 1. The number of allylic oxidation sites excluding steroid dienone is 5. The molecule has 0 N–H and O–H groups in total. The zero-order chi connectivity index (χ0) is 18.4. The maximum atomic E-state index is 11.6. The molecule has 1 heterocycles. The molecule has 3 heteroatoms. The van der Waals surface area contributed by atoms with Crippen molar-refractivity contribution in [3.8, 4) is 0 Å². The summed E-state index contributed by atoms with van der Waals surface area (Å²) in [6, 6.07) is 3.60. The molecule has 0 bridgehead atoms. The Morgan fingerprint density at radius 2 is 2.12 bits per heavy atom. The second-order valence-corrected chi connectivity index (χ2v) is 7.35. The van der Waals surface area contributed by atoms with Crippen LogP contribution >= 0.6 is 0 Å². The second kappa shape index (κ2) is 8.28. The van der Waals surface area contributed by atoms with Gasteiger partial charge in [0.1, 0.15) is 5.69 Å². The van der Waals surface area contributed by atoms with Gasteiger partial charge in [0.2, 0.25) is 0 Å². The molecule has 0 spiro atoms. The van der Waals surface area contributed by atoms with E-state index in [1.54, 1.807) is 19.2 Å². The van der Waals surface area contributed by atoms with Gasteiger partial charge in [0.25, 0.3) is 0 Å². The number of rotatable bonds is 5. The average Bonchev–Trinajstić information content (AvgIpc) is 2.54. The van der Waals surface area contributed by atoms with Crippen molar-refractivity contribution in [3.05, 3.63) is 58.5 Å². The van der Waals surface area contributed by atoms with Crippen molar-refractivity contribution < 1.29 is 9.53 Å². The van der Waals surface area contributed by atoms with E-state index in [9.17, 15) is 4.79 Å². The lowest BCUT2D eigenvalue weighted by Crippen LogP contribution is -2.19. The number of nitrogens with zero attached hydrogens (tertiary/aromatic N) is 1. The maximum Gasteiger partial charge on any atom is 0.356 e. The first kappa shape index (κ1) is 19.2. The molecule has 0 radical (unpaired) electrons. The van der Waals surface area contributed by atoms with E-state index >= 15 is 0 Å². The number of hydrogen-bond acceptors (Lipinski definition) is 3. The Morgan fingerprint density at radius 1 is 1.36 bits per heavy atom. The number of pyridine rings is 1. The topological polar surface area (TPSA) is 39.2 Å². The quantitative estimate of drug-likeness (QED) is 0.507. The van der Waals surface area contributed by atoms with E-state index in [0.717, 1.165) is 11.1 Å². The van der Waals surface area contributed by atoms with Crippen molar-refractivity contribution in [2.45, 2.75) is 53.9 Å². The molecule has 25 heavy (non-hydrogen) atoms. The van der Waals surface area contributed by atoms with Crippen molar-refractivity contribution in [1.82, 2.24) is 4.98 Å². The van der Waals surface area contributed by atoms with Gasteiger partial charge < -0.3 is 4.74 Å². The van der Waals surface area contributed by atoms with Crippen molar-refractivity contribution in [3.63, 3.8) is 0 Å². The second-order valence-electron chi connectivity index (χ2n) is 7.35. The average molecular weight is 339 g/mol. The van der Waals surface area contributed by atoms with E-state index in [-0.39, 0.29) is 11.4 Å². The lowest BCUT2D eigenvalue weighted by Gasteiger charge is -2.32. The zero-order valence-electron chi connectivity index (χ0n) is 16.1. The molecule has 0 aromatic carbocycles. The Kier molecular flexibility index (Phi) is 6.35. The highest BCUT2D eigenvalue weighted by atomic mass is 16.5. The van der Waals surface area contributed by atoms with Gasteiger partial charge in [0, 0.05) is 6.20 Å². The molecule has 134 valence electrons. The first-order valence-corrected chi connectivity index (χ1v) is 9.03. The van der Waals surface area contributed by atoms with E-state index in [0.29, 0.717) is 12.3 Å². The number of aromatic nitrogens is 1. The van der Waals surface area contributed by atoms with Gasteiger partial charge in [0.15, 0.2) is 0 Å². The van der Waals surface area contributed by atoms with Gasteiger partial charge in [-0.2, -0.15) is 0 Å². The summed E-state index contributed by atoms with van der Waals surface area (Å²) in [6.45, 7) is 11.1. The van der Waals surface area contributed by atoms with E-state index < -0.39 is 0 Å². The predicted octanol–water partition coefficient (Wildman–Crippen LogP) is 5.74. The minimum atomic E-state index is -0.378. The van der Waals surface area contributed by atoms with Gasteiger partial charge in [-0.15, -0.1) is 0 Å². The van der Waals surface area contributed by atoms with Gasteiger partial charge in [-0.1, -0.05) is 49.3 Å². The Morgan fingerprint density at radius 3 is 2.72 bits per heavy atom. The Balaban J connectivity index is 2.12. The standard InChI is InChI=1S/C22H29NO2/c1-6-25-21(24)20-12-10-18(15-23-20)14-16(2)9-11-19-17(3)8-7-13-22(19,4)5/h9-12,14-15H,6-8,13H2,1-5H3. The maximum absolute atomic E-state index is 11.6. The molecular weight excluding hydrogens is 310 g/mol. The number of ether oxygens (including phenoxy) is 1. The first-order chi connectivity index (χ1) is 11.8. The number of carbonyl (C=O) groups excluding carboxylic acids is 1. The molecule has 0 amide bonds. The minimum absolute atomic E-state index is 0.252. The van der Waals surface area contributed by atoms with Crippen LogP contribution in [0.4, 0.5) is 0 Å². The molecule has 0 saturated heterocycles. The third-order valence-corrected chi connectivity index (χ3v) is 4.72. The summed E-state index contributed by atoms with van der Waals surface area (Å²) in [4.78, 5) is 15.8. The molecular formula is C22H29NO2. The minimum Gasteiger partial charge on any atom is -0.461 e. The normalized spacial score (nSPS) is 17.9. The third kappa shape index (κ3) is 5.15. The van der Waals surface area contributed by atoms with Gasteiger partial charge in [0.05, 0.1) is 6.61 Å². The fourth-order valence-corrected chi connectivity index (χ4v) is 3.35. The van der Waals surface area contributed by atoms with Crippen LogP contribution in [0.25, 0.3) is 6.08 Å². The molecule has 0 unspecified atom stereocenters. The van der Waals surface area contributed by atoms with E-state index in [2.05, 4.69) is 50.9 Å². The monoisotopic (exact) mass is 339 g/mol. The van der Waals surface area contributed by atoms with Crippen LogP contribution in [0.1, 0.15) is 69.9 Å². The van der Waals surface area contributed by atoms with E-state index in [1.807, 2.05) is 6.07 Å². The van der Waals surface area contributed by atoms with Crippen LogP contribution in [0, 0.1) is 5.41 Å². The highest BCUT2D eigenvalue weighted by Crippen LogP contribution is 2.40. The SMILES string of the molecule is CCOC(=O)c1ccc(C=C(C)C=CC2=C(C)CCCC2(C)C)cn1. The Hall–Kier alpha value is -2.16. The highest BCUT2D eigenvalue weighted by molar-refractivity contribution is 5.87. The highest BCUT2D eigenvalue weighted by Gasteiger charge is 2.26. The molecule has 1 aromatic heterocycles. The van der Waals surface area contributed by atoms with Crippen molar-refractivity contribution >= 4 is 12.0 Å². The first-order valence-electron chi connectivity index (χ1n) is 9.03. The van der Waals surface area contributed by atoms with E-state index in [1.165, 1.54) is 30.4 Å². The largest absolute Gasteiger partial charge is 0.461 e. The third-order valence-electron chi connectivity index (χ3n) is 4.72. The molecule has 1 aliphatic rings.